The Morgan fingerprint density at radius 2 is 2.00 bits per heavy atom. The highest BCUT2D eigenvalue weighted by atomic mass is 127. The molecule has 1 saturated heterocycles. The maximum Gasteiger partial charge on any atom is 0.193 e. The van der Waals surface area contributed by atoms with E-state index in [4.69, 9.17) is 4.74 Å². The van der Waals surface area contributed by atoms with Gasteiger partial charge in [-0.3, -0.25) is 4.99 Å². The molecule has 0 spiro atoms. The van der Waals surface area contributed by atoms with Crippen molar-refractivity contribution in [1.82, 2.24) is 15.1 Å². The van der Waals surface area contributed by atoms with Crippen LogP contribution in [0.2, 0.25) is 0 Å². The van der Waals surface area contributed by atoms with Gasteiger partial charge in [-0.1, -0.05) is 0 Å². The van der Waals surface area contributed by atoms with Gasteiger partial charge in [0.05, 0.1) is 6.61 Å². The molecule has 134 valence electrons. The summed E-state index contributed by atoms with van der Waals surface area (Å²) in [6.07, 6.45) is 6.89. The quantitative estimate of drug-likeness (QED) is 0.274. The molecule has 5 nitrogen and oxygen atoms in total. The van der Waals surface area contributed by atoms with Crippen molar-refractivity contribution in [2.24, 2.45) is 16.8 Å². The Labute approximate surface area is 158 Å². The number of nitrogens with zero attached hydrogens (tertiary/aromatic N) is 3. The van der Waals surface area contributed by atoms with E-state index < -0.39 is 0 Å². The van der Waals surface area contributed by atoms with Crippen LogP contribution >= 0.6 is 24.0 Å². The molecule has 0 amide bonds. The lowest BCUT2D eigenvalue weighted by Crippen LogP contribution is -2.42. The van der Waals surface area contributed by atoms with Gasteiger partial charge < -0.3 is 19.9 Å². The number of guanidine groups is 1. The molecule has 23 heavy (non-hydrogen) atoms. The van der Waals surface area contributed by atoms with Gasteiger partial charge in [-0.05, 0) is 50.5 Å². The van der Waals surface area contributed by atoms with E-state index in [2.05, 4.69) is 27.2 Å². The van der Waals surface area contributed by atoms with Crippen LogP contribution in [0.25, 0.3) is 0 Å². The van der Waals surface area contributed by atoms with E-state index in [-0.39, 0.29) is 24.0 Å². The second-order valence-corrected chi connectivity index (χ2v) is 7.25. The lowest BCUT2D eigenvalue weighted by Gasteiger charge is -2.23. The van der Waals surface area contributed by atoms with Gasteiger partial charge in [0.15, 0.2) is 5.96 Å². The number of hydrogen-bond acceptors (Lipinski definition) is 3. The molecule has 1 atom stereocenters. The van der Waals surface area contributed by atoms with E-state index in [0.29, 0.717) is 0 Å². The van der Waals surface area contributed by atoms with E-state index in [9.17, 15) is 0 Å². The first kappa shape index (κ1) is 19.2. The highest BCUT2D eigenvalue weighted by Gasteiger charge is 2.34. The Morgan fingerprint density at radius 3 is 2.65 bits per heavy atom. The standard InChI is InChI=1S/C17H32N4O.HI/c1-18-17(20(2)9-10-22-13-14-3-4-14)19-11-15-7-8-21(12-15)16-5-6-16;/h14-16H,3-13H2,1-2H3,(H,18,19);1H. The SMILES string of the molecule is CN=C(NCC1CCN(C2CC2)C1)N(C)CCOCC1CC1.I. The molecular formula is C17H33IN4O. The second kappa shape index (κ2) is 9.42. The number of halogens is 1. The molecule has 0 aromatic carbocycles. The summed E-state index contributed by atoms with van der Waals surface area (Å²) < 4.78 is 5.72. The summed E-state index contributed by atoms with van der Waals surface area (Å²) in [5.74, 6) is 2.62. The van der Waals surface area contributed by atoms with Crippen LogP contribution in [-0.4, -0.2) is 75.3 Å². The average molecular weight is 436 g/mol. The predicted octanol–water partition coefficient (Wildman–Crippen LogP) is 2.02. The number of hydrogen-bond donors (Lipinski definition) is 1. The maximum atomic E-state index is 5.72. The summed E-state index contributed by atoms with van der Waals surface area (Å²) in [6, 6.07) is 0.913. The zero-order chi connectivity index (χ0) is 15.4. The Balaban J connectivity index is 0.00000192. The molecule has 0 radical (unpaired) electrons. The van der Waals surface area contributed by atoms with Crippen LogP contribution in [0.3, 0.4) is 0 Å². The van der Waals surface area contributed by atoms with Crippen molar-refractivity contribution in [3.8, 4) is 0 Å². The minimum atomic E-state index is 0. The minimum absolute atomic E-state index is 0. The molecule has 0 aromatic rings. The van der Waals surface area contributed by atoms with Gasteiger partial charge in [-0.25, -0.2) is 0 Å². The van der Waals surface area contributed by atoms with Gasteiger partial charge in [0, 0.05) is 46.4 Å². The molecule has 1 unspecified atom stereocenters. The van der Waals surface area contributed by atoms with E-state index >= 15 is 0 Å². The molecule has 3 rings (SSSR count). The van der Waals surface area contributed by atoms with Crippen molar-refractivity contribution >= 4 is 29.9 Å². The smallest absolute Gasteiger partial charge is 0.193 e. The van der Waals surface area contributed by atoms with E-state index in [1.54, 1.807) is 0 Å². The summed E-state index contributed by atoms with van der Waals surface area (Å²) in [4.78, 5) is 9.26. The summed E-state index contributed by atoms with van der Waals surface area (Å²) in [7, 11) is 3.97. The fourth-order valence-electron chi connectivity index (χ4n) is 3.26. The zero-order valence-corrected chi connectivity index (χ0v) is 17.0. The van der Waals surface area contributed by atoms with Crippen LogP contribution in [-0.2, 0) is 4.74 Å². The number of rotatable bonds is 8. The molecule has 0 aromatic heterocycles. The molecule has 1 heterocycles. The minimum Gasteiger partial charge on any atom is -0.379 e. The van der Waals surface area contributed by atoms with Crippen molar-refractivity contribution in [3.05, 3.63) is 0 Å². The number of nitrogens with one attached hydrogen (secondary N) is 1. The van der Waals surface area contributed by atoms with Crippen LogP contribution in [0.1, 0.15) is 32.1 Å². The summed E-state index contributed by atoms with van der Waals surface area (Å²) >= 11 is 0. The van der Waals surface area contributed by atoms with Gasteiger partial charge >= 0.3 is 0 Å². The van der Waals surface area contributed by atoms with Gasteiger partial charge in [0.25, 0.3) is 0 Å². The molecule has 2 aliphatic carbocycles. The van der Waals surface area contributed by atoms with Crippen molar-refractivity contribution in [1.29, 1.82) is 0 Å². The highest BCUT2D eigenvalue weighted by Crippen LogP contribution is 2.31. The molecule has 3 aliphatic rings. The third kappa shape index (κ3) is 6.38. The van der Waals surface area contributed by atoms with Crippen LogP contribution < -0.4 is 5.32 Å². The summed E-state index contributed by atoms with van der Waals surface area (Å²) in [5, 5.41) is 3.55. The topological polar surface area (TPSA) is 40.1 Å². The van der Waals surface area contributed by atoms with Crippen LogP contribution in [0.15, 0.2) is 4.99 Å². The number of likely N-dealkylation sites (N-methyl/N-ethyl adjacent to an activating group) is 1. The third-order valence-corrected chi connectivity index (χ3v) is 5.12. The molecular weight excluding hydrogens is 403 g/mol. The number of aliphatic imine (C=N–C) groups is 1. The summed E-state index contributed by atoms with van der Waals surface area (Å²) in [5.41, 5.74) is 0. The van der Waals surface area contributed by atoms with E-state index in [1.165, 1.54) is 45.2 Å². The Morgan fingerprint density at radius 1 is 1.22 bits per heavy atom. The Hall–Kier alpha value is -0.0800. The van der Waals surface area contributed by atoms with E-state index in [1.807, 2.05) is 7.05 Å². The first-order chi connectivity index (χ1) is 10.8. The molecule has 2 saturated carbocycles. The lowest BCUT2D eigenvalue weighted by molar-refractivity contribution is 0.115. The van der Waals surface area contributed by atoms with Gasteiger partial charge in [-0.2, -0.15) is 0 Å². The van der Waals surface area contributed by atoms with Gasteiger partial charge in [0.2, 0.25) is 0 Å². The van der Waals surface area contributed by atoms with Crippen molar-refractivity contribution in [3.63, 3.8) is 0 Å². The molecule has 1 N–H and O–H groups in total. The fraction of sp³-hybridized carbons (Fsp3) is 0.941. The maximum absolute atomic E-state index is 5.72. The highest BCUT2D eigenvalue weighted by molar-refractivity contribution is 14.0. The lowest BCUT2D eigenvalue weighted by atomic mass is 10.1. The first-order valence-electron chi connectivity index (χ1n) is 9.00. The Kier molecular flexibility index (Phi) is 7.88. The third-order valence-electron chi connectivity index (χ3n) is 5.12. The van der Waals surface area contributed by atoms with Crippen molar-refractivity contribution in [2.45, 2.75) is 38.1 Å². The molecule has 1 aliphatic heterocycles. The largest absolute Gasteiger partial charge is 0.379 e. The molecule has 0 bridgehead atoms. The van der Waals surface area contributed by atoms with Crippen LogP contribution in [0, 0.1) is 11.8 Å². The van der Waals surface area contributed by atoms with Gasteiger partial charge in [0.1, 0.15) is 0 Å². The normalized spacial score (nSPS) is 25.3. The Bertz CT molecular complexity index is 385. The van der Waals surface area contributed by atoms with Crippen molar-refractivity contribution in [2.75, 3.05) is 53.5 Å². The fourth-order valence-corrected chi connectivity index (χ4v) is 3.26. The van der Waals surface area contributed by atoms with E-state index in [0.717, 1.165) is 50.1 Å². The van der Waals surface area contributed by atoms with Crippen molar-refractivity contribution < 1.29 is 4.74 Å². The molecule has 3 fully saturated rings. The zero-order valence-electron chi connectivity index (χ0n) is 14.7. The van der Waals surface area contributed by atoms with Gasteiger partial charge in [-0.15, -0.1) is 24.0 Å². The average Bonchev–Trinajstić information content (AvgIpc) is 3.45. The monoisotopic (exact) mass is 436 g/mol. The van der Waals surface area contributed by atoms with Crippen LogP contribution in [0.4, 0.5) is 0 Å². The number of ether oxygens (including phenoxy) is 1. The molecule has 6 heteroatoms. The predicted molar refractivity (Wildman–Crippen MR) is 106 cm³/mol. The summed E-state index contributed by atoms with van der Waals surface area (Å²) in [6.45, 7) is 6.25. The number of likely N-dealkylation sites (tertiary alicyclic amines) is 1. The first-order valence-corrected chi connectivity index (χ1v) is 9.00. The second-order valence-electron chi connectivity index (χ2n) is 7.25. The van der Waals surface area contributed by atoms with Crippen LogP contribution in [0.5, 0.6) is 0 Å².